The molecule has 0 aliphatic heterocycles. The molecule has 1 N–H and O–H groups in total. The summed E-state index contributed by atoms with van der Waals surface area (Å²) >= 11 is 4.73. The number of aliphatic hydroxyl groups excluding tert-OH is 1. The average molecular weight is 327 g/mol. The second-order valence-electron chi connectivity index (χ2n) is 3.87. The van der Waals surface area contributed by atoms with Gasteiger partial charge in [-0.05, 0) is 51.6 Å². The van der Waals surface area contributed by atoms with Crippen LogP contribution >= 0.6 is 27.3 Å². The largest absolute Gasteiger partial charge is 0.465 e. The molecule has 0 saturated heterocycles. The summed E-state index contributed by atoms with van der Waals surface area (Å²) in [5.74, 6) is 0.183. The number of benzene rings is 1. The lowest BCUT2D eigenvalue weighted by atomic mass is 10.2. The summed E-state index contributed by atoms with van der Waals surface area (Å²) in [7, 11) is 0. The lowest BCUT2D eigenvalue weighted by molar-refractivity contribution is 0.192. The van der Waals surface area contributed by atoms with E-state index in [1.54, 1.807) is 18.2 Å². The first-order chi connectivity index (χ1) is 8.65. The number of rotatable bonds is 2. The third kappa shape index (κ3) is 1.98. The lowest BCUT2D eigenvalue weighted by Gasteiger charge is -2.04. The van der Waals surface area contributed by atoms with Gasteiger partial charge >= 0.3 is 0 Å². The normalized spacial score (nSPS) is 13.1. The first kappa shape index (κ1) is 11.9. The van der Waals surface area contributed by atoms with Gasteiger partial charge in [0.25, 0.3) is 0 Å². The van der Waals surface area contributed by atoms with Gasteiger partial charge in [0.1, 0.15) is 11.9 Å². The molecule has 3 aromatic rings. The molecule has 2 aromatic heterocycles. The molecule has 0 saturated carbocycles. The van der Waals surface area contributed by atoms with Crippen molar-refractivity contribution < 1.29 is 13.9 Å². The molecule has 18 heavy (non-hydrogen) atoms. The molecule has 1 unspecified atom stereocenters. The molecule has 1 aromatic carbocycles. The van der Waals surface area contributed by atoms with Crippen molar-refractivity contribution in [3.05, 3.63) is 57.5 Å². The van der Waals surface area contributed by atoms with E-state index in [0.717, 1.165) is 19.4 Å². The Kier molecular flexibility index (Phi) is 2.97. The fourth-order valence-corrected chi connectivity index (χ4v) is 3.25. The SMILES string of the molecule is OC(c1cc2cc(F)ccc2s1)c1occc1Br. The van der Waals surface area contributed by atoms with Gasteiger partial charge in [0.15, 0.2) is 5.76 Å². The number of fused-ring (bicyclic) bond motifs is 1. The van der Waals surface area contributed by atoms with Crippen LogP contribution < -0.4 is 0 Å². The zero-order valence-electron chi connectivity index (χ0n) is 9.06. The Morgan fingerprint density at radius 1 is 1.28 bits per heavy atom. The highest BCUT2D eigenvalue weighted by molar-refractivity contribution is 9.10. The van der Waals surface area contributed by atoms with Crippen molar-refractivity contribution in [2.45, 2.75) is 6.10 Å². The molecule has 0 amide bonds. The van der Waals surface area contributed by atoms with Gasteiger partial charge in [-0.15, -0.1) is 11.3 Å². The molecule has 5 heteroatoms. The summed E-state index contributed by atoms with van der Waals surface area (Å²) in [6, 6.07) is 8.09. The first-order valence-corrected chi connectivity index (χ1v) is 6.86. The van der Waals surface area contributed by atoms with E-state index in [1.165, 1.54) is 29.7 Å². The fourth-order valence-electron chi connectivity index (χ4n) is 1.80. The van der Waals surface area contributed by atoms with Crippen molar-refractivity contribution in [2.24, 2.45) is 0 Å². The standard InChI is InChI=1S/C13H8BrFO2S/c14-9-3-4-17-13(9)12(16)11-6-7-5-8(15)1-2-10(7)18-11/h1-6,12,16H. The number of aliphatic hydroxyl groups is 1. The van der Waals surface area contributed by atoms with Crippen molar-refractivity contribution in [3.63, 3.8) is 0 Å². The van der Waals surface area contributed by atoms with E-state index in [-0.39, 0.29) is 5.82 Å². The van der Waals surface area contributed by atoms with Crippen LogP contribution in [0.4, 0.5) is 4.39 Å². The zero-order valence-corrected chi connectivity index (χ0v) is 11.5. The molecule has 0 fully saturated rings. The van der Waals surface area contributed by atoms with Gasteiger partial charge in [0.05, 0.1) is 10.7 Å². The highest BCUT2D eigenvalue weighted by Gasteiger charge is 2.19. The molecule has 0 bridgehead atoms. The van der Waals surface area contributed by atoms with E-state index in [4.69, 9.17) is 4.42 Å². The number of thiophene rings is 1. The third-order valence-electron chi connectivity index (χ3n) is 2.66. The number of hydrogen-bond acceptors (Lipinski definition) is 3. The van der Waals surface area contributed by atoms with Crippen LogP contribution in [-0.4, -0.2) is 5.11 Å². The van der Waals surface area contributed by atoms with Gasteiger partial charge in [-0.1, -0.05) is 0 Å². The Balaban J connectivity index is 2.07. The summed E-state index contributed by atoms with van der Waals surface area (Å²) in [4.78, 5) is 0.728. The van der Waals surface area contributed by atoms with Crippen LogP contribution in [0.15, 0.2) is 45.5 Å². The van der Waals surface area contributed by atoms with Crippen LogP contribution in [0.1, 0.15) is 16.7 Å². The molecule has 0 aliphatic carbocycles. The molecule has 1 atom stereocenters. The van der Waals surface area contributed by atoms with Crippen LogP contribution in [0.3, 0.4) is 0 Å². The molecule has 0 aliphatic rings. The molecule has 92 valence electrons. The maximum Gasteiger partial charge on any atom is 0.151 e. The fraction of sp³-hybridized carbons (Fsp3) is 0.0769. The second-order valence-corrected chi connectivity index (χ2v) is 5.84. The summed E-state index contributed by atoms with van der Waals surface area (Å²) in [5.41, 5.74) is 0. The minimum Gasteiger partial charge on any atom is -0.465 e. The summed E-state index contributed by atoms with van der Waals surface area (Å²) < 4.78 is 20.0. The topological polar surface area (TPSA) is 33.4 Å². The van der Waals surface area contributed by atoms with Crippen LogP contribution in [0.2, 0.25) is 0 Å². The summed E-state index contributed by atoms with van der Waals surface area (Å²) in [6.07, 6.45) is 0.671. The van der Waals surface area contributed by atoms with Crippen LogP contribution in [0, 0.1) is 5.82 Å². The van der Waals surface area contributed by atoms with Crippen molar-refractivity contribution >= 4 is 37.4 Å². The van der Waals surface area contributed by atoms with Gasteiger partial charge in [0.2, 0.25) is 0 Å². The first-order valence-electron chi connectivity index (χ1n) is 5.25. The Bertz CT molecular complexity index is 704. The molecule has 2 heterocycles. The second kappa shape index (κ2) is 4.50. The minimum absolute atomic E-state index is 0.277. The predicted molar refractivity (Wildman–Crippen MR) is 72.3 cm³/mol. The van der Waals surface area contributed by atoms with Crippen molar-refractivity contribution in [1.29, 1.82) is 0 Å². The van der Waals surface area contributed by atoms with Crippen molar-refractivity contribution in [2.75, 3.05) is 0 Å². The molecule has 2 nitrogen and oxygen atoms in total. The lowest BCUT2D eigenvalue weighted by Crippen LogP contribution is -1.95. The van der Waals surface area contributed by atoms with E-state index in [0.29, 0.717) is 5.76 Å². The van der Waals surface area contributed by atoms with Gasteiger partial charge in [0, 0.05) is 9.58 Å². The Labute approximate surface area is 115 Å². The number of hydrogen-bond donors (Lipinski definition) is 1. The molecule has 0 spiro atoms. The number of furan rings is 1. The van der Waals surface area contributed by atoms with E-state index in [1.807, 2.05) is 0 Å². The molecular weight excluding hydrogens is 319 g/mol. The Morgan fingerprint density at radius 3 is 2.83 bits per heavy atom. The van der Waals surface area contributed by atoms with E-state index < -0.39 is 6.10 Å². The molecular formula is C13H8BrFO2S. The van der Waals surface area contributed by atoms with Crippen LogP contribution in [-0.2, 0) is 0 Å². The maximum atomic E-state index is 13.1. The van der Waals surface area contributed by atoms with Crippen molar-refractivity contribution in [3.8, 4) is 0 Å². The van der Waals surface area contributed by atoms with Crippen molar-refractivity contribution in [1.82, 2.24) is 0 Å². The van der Waals surface area contributed by atoms with E-state index in [2.05, 4.69) is 15.9 Å². The quantitative estimate of drug-likeness (QED) is 0.753. The monoisotopic (exact) mass is 326 g/mol. The molecule has 0 radical (unpaired) electrons. The average Bonchev–Trinajstić information content (AvgIpc) is 2.93. The Hall–Kier alpha value is -1.17. The third-order valence-corrected chi connectivity index (χ3v) is 4.48. The van der Waals surface area contributed by atoms with Gasteiger partial charge < -0.3 is 9.52 Å². The number of halogens is 2. The van der Waals surface area contributed by atoms with E-state index >= 15 is 0 Å². The van der Waals surface area contributed by atoms with Crippen LogP contribution in [0.25, 0.3) is 10.1 Å². The smallest absolute Gasteiger partial charge is 0.151 e. The zero-order chi connectivity index (χ0) is 12.7. The van der Waals surface area contributed by atoms with Gasteiger partial charge in [-0.3, -0.25) is 0 Å². The Morgan fingerprint density at radius 2 is 2.11 bits per heavy atom. The van der Waals surface area contributed by atoms with Gasteiger partial charge in [-0.25, -0.2) is 4.39 Å². The van der Waals surface area contributed by atoms with Crippen LogP contribution in [0.5, 0.6) is 0 Å². The van der Waals surface area contributed by atoms with E-state index in [9.17, 15) is 9.50 Å². The maximum absolute atomic E-state index is 13.1. The molecule has 3 rings (SSSR count). The summed E-state index contributed by atoms with van der Waals surface area (Å²) in [5, 5.41) is 11.0. The highest BCUT2D eigenvalue weighted by atomic mass is 79.9. The predicted octanol–water partition coefficient (Wildman–Crippen LogP) is 4.48. The highest BCUT2D eigenvalue weighted by Crippen LogP contribution is 2.36. The summed E-state index contributed by atoms with van der Waals surface area (Å²) in [6.45, 7) is 0. The van der Waals surface area contributed by atoms with Gasteiger partial charge in [-0.2, -0.15) is 0 Å². The minimum atomic E-state index is -0.838.